The molecule has 0 saturated heterocycles. The van der Waals surface area contributed by atoms with E-state index in [-0.39, 0.29) is 11.8 Å². The Morgan fingerprint density at radius 3 is 2.21 bits per heavy atom. The van der Waals surface area contributed by atoms with Crippen LogP contribution in [-0.2, 0) is 17.9 Å². The summed E-state index contributed by atoms with van der Waals surface area (Å²) in [6.07, 6.45) is 0. The lowest BCUT2D eigenvalue weighted by atomic mass is 10.1. The van der Waals surface area contributed by atoms with Gasteiger partial charge in [0.25, 0.3) is 5.91 Å². The zero-order valence-corrected chi connectivity index (χ0v) is 18.6. The number of nitrogens with zero attached hydrogens (tertiary/aromatic N) is 2. The maximum Gasteiger partial charge on any atom is 0.252 e. The summed E-state index contributed by atoms with van der Waals surface area (Å²) in [6.45, 7) is 7.65. The van der Waals surface area contributed by atoms with Crippen molar-refractivity contribution in [3.63, 3.8) is 0 Å². The number of carbonyl (C=O) groups is 2. The van der Waals surface area contributed by atoms with Gasteiger partial charge in [-0.1, -0.05) is 50.2 Å². The van der Waals surface area contributed by atoms with Crippen LogP contribution in [0, 0.1) is 0 Å². The van der Waals surface area contributed by atoms with Crippen LogP contribution in [0.3, 0.4) is 0 Å². The Balaban J connectivity index is 2.06. The molecule has 0 atom stereocenters. The van der Waals surface area contributed by atoms with Gasteiger partial charge in [-0.05, 0) is 36.3 Å². The van der Waals surface area contributed by atoms with Crippen LogP contribution in [0.1, 0.15) is 35.3 Å². The third-order valence-corrected chi connectivity index (χ3v) is 5.89. The number of amides is 2. The molecule has 2 rings (SSSR count). The predicted octanol–water partition coefficient (Wildman–Crippen LogP) is 3.64. The summed E-state index contributed by atoms with van der Waals surface area (Å²) in [5.74, 6) is 0.211. The first-order chi connectivity index (χ1) is 14.0. The first-order valence-corrected chi connectivity index (χ1v) is 10.9. The van der Waals surface area contributed by atoms with Crippen molar-refractivity contribution in [2.45, 2.75) is 31.8 Å². The van der Waals surface area contributed by atoms with E-state index in [4.69, 9.17) is 0 Å². The second-order valence-corrected chi connectivity index (χ2v) is 8.00. The fourth-order valence-electron chi connectivity index (χ4n) is 2.89. The van der Waals surface area contributed by atoms with Crippen molar-refractivity contribution in [3.05, 3.63) is 65.2 Å². The number of nitrogens with one attached hydrogen (secondary N) is 1. The molecule has 0 aliphatic heterocycles. The summed E-state index contributed by atoms with van der Waals surface area (Å²) < 4.78 is 0. The zero-order chi connectivity index (χ0) is 21.2. The number of rotatable bonds is 10. The molecule has 0 unspecified atom stereocenters. The quantitative estimate of drug-likeness (QED) is 0.604. The third-order valence-electron chi connectivity index (χ3n) is 4.83. The van der Waals surface area contributed by atoms with Crippen LogP contribution in [0.5, 0.6) is 0 Å². The number of hydrogen-bond acceptors (Lipinski definition) is 4. The van der Waals surface area contributed by atoms with E-state index < -0.39 is 0 Å². The fraction of sp³-hybridized carbons (Fsp3) is 0.391. The largest absolute Gasteiger partial charge is 0.348 e. The number of thioether (sulfide) groups is 1. The highest BCUT2D eigenvalue weighted by molar-refractivity contribution is 8.00. The molecular weight excluding hydrogens is 382 g/mol. The standard InChI is InChI=1S/C23H31N3O2S/c1-5-26(6-2)16-19-12-8-7-11-18(19)15-24-23(28)20-13-9-10-14-21(20)29-17-22(27)25(3)4/h7-14H,5-6,15-17H2,1-4H3,(H,24,28). The fourth-order valence-corrected chi connectivity index (χ4v) is 3.92. The summed E-state index contributed by atoms with van der Waals surface area (Å²) in [6, 6.07) is 15.7. The van der Waals surface area contributed by atoms with Crippen molar-refractivity contribution >= 4 is 23.6 Å². The molecule has 1 N–H and O–H groups in total. The second kappa shape index (κ2) is 11.6. The molecule has 0 fully saturated rings. The van der Waals surface area contributed by atoms with Crippen molar-refractivity contribution in [1.29, 1.82) is 0 Å². The minimum atomic E-state index is -0.122. The molecular formula is C23H31N3O2S. The molecule has 5 nitrogen and oxygen atoms in total. The molecule has 0 radical (unpaired) electrons. The van der Waals surface area contributed by atoms with E-state index in [1.807, 2.05) is 30.3 Å². The van der Waals surface area contributed by atoms with Crippen molar-refractivity contribution in [1.82, 2.24) is 15.1 Å². The van der Waals surface area contributed by atoms with Gasteiger partial charge in [0.1, 0.15) is 0 Å². The van der Waals surface area contributed by atoms with Crippen molar-refractivity contribution < 1.29 is 9.59 Å². The van der Waals surface area contributed by atoms with Gasteiger partial charge < -0.3 is 10.2 Å². The van der Waals surface area contributed by atoms with Gasteiger partial charge in [0, 0.05) is 32.1 Å². The van der Waals surface area contributed by atoms with Gasteiger partial charge in [-0.25, -0.2) is 0 Å². The van der Waals surface area contributed by atoms with E-state index >= 15 is 0 Å². The van der Waals surface area contributed by atoms with E-state index in [1.54, 1.807) is 25.1 Å². The monoisotopic (exact) mass is 413 g/mol. The lowest BCUT2D eigenvalue weighted by Crippen LogP contribution is -2.26. The van der Waals surface area contributed by atoms with Crippen molar-refractivity contribution in [2.75, 3.05) is 32.9 Å². The molecule has 0 aromatic heterocycles. The minimum Gasteiger partial charge on any atom is -0.348 e. The highest BCUT2D eigenvalue weighted by Crippen LogP contribution is 2.23. The van der Waals surface area contributed by atoms with Crippen LogP contribution in [0.25, 0.3) is 0 Å². The summed E-state index contributed by atoms with van der Waals surface area (Å²) in [5.41, 5.74) is 2.96. The van der Waals surface area contributed by atoms with E-state index in [0.29, 0.717) is 17.9 Å². The second-order valence-electron chi connectivity index (χ2n) is 6.99. The lowest BCUT2D eigenvalue weighted by molar-refractivity contribution is -0.125. The third kappa shape index (κ3) is 6.91. The molecule has 0 heterocycles. The van der Waals surface area contributed by atoms with Gasteiger partial charge in [-0.3, -0.25) is 14.5 Å². The SMILES string of the molecule is CCN(CC)Cc1ccccc1CNC(=O)c1ccccc1SCC(=O)N(C)C. The molecule has 156 valence electrons. The van der Waals surface area contributed by atoms with Crippen LogP contribution in [0.15, 0.2) is 53.4 Å². The van der Waals surface area contributed by atoms with E-state index in [0.717, 1.165) is 30.1 Å². The minimum absolute atomic E-state index is 0.0236. The maximum atomic E-state index is 12.8. The van der Waals surface area contributed by atoms with Crippen LogP contribution in [-0.4, -0.2) is 54.6 Å². The summed E-state index contributed by atoms with van der Waals surface area (Å²) in [7, 11) is 3.47. The number of hydrogen-bond donors (Lipinski definition) is 1. The zero-order valence-electron chi connectivity index (χ0n) is 17.8. The molecule has 0 aliphatic carbocycles. The molecule has 0 saturated carbocycles. The first kappa shape index (κ1) is 23.0. The highest BCUT2D eigenvalue weighted by atomic mass is 32.2. The first-order valence-electron chi connectivity index (χ1n) is 9.95. The molecule has 29 heavy (non-hydrogen) atoms. The van der Waals surface area contributed by atoms with E-state index in [1.165, 1.54) is 17.3 Å². The Hall–Kier alpha value is -2.31. The van der Waals surface area contributed by atoms with Crippen LogP contribution in [0.4, 0.5) is 0 Å². The van der Waals surface area contributed by atoms with Crippen LogP contribution < -0.4 is 5.32 Å². The van der Waals surface area contributed by atoms with Gasteiger partial charge in [-0.2, -0.15) is 0 Å². The van der Waals surface area contributed by atoms with Gasteiger partial charge in [0.05, 0.1) is 11.3 Å². The Morgan fingerprint density at radius 2 is 1.55 bits per heavy atom. The van der Waals surface area contributed by atoms with Gasteiger partial charge in [0.15, 0.2) is 0 Å². The maximum absolute atomic E-state index is 12.8. The summed E-state index contributed by atoms with van der Waals surface area (Å²) in [4.78, 5) is 29.4. The molecule has 0 aliphatic rings. The Labute approximate surface area is 178 Å². The molecule has 0 spiro atoms. The van der Waals surface area contributed by atoms with Gasteiger partial charge in [0.2, 0.25) is 5.91 Å². The highest BCUT2D eigenvalue weighted by Gasteiger charge is 2.14. The molecule has 2 amide bonds. The van der Waals surface area contributed by atoms with E-state index in [9.17, 15) is 9.59 Å². The smallest absolute Gasteiger partial charge is 0.252 e. The lowest BCUT2D eigenvalue weighted by Gasteiger charge is -2.20. The van der Waals surface area contributed by atoms with Crippen LogP contribution >= 0.6 is 11.8 Å². The number of benzene rings is 2. The summed E-state index contributed by atoms with van der Waals surface area (Å²) in [5, 5.41) is 3.05. The normalized spacial score (nSPS) is 10.8. The van der Waals surface area contributed by atoms with Crippen molar-refractivity contribution in [2.24, 2.45) is 0 Å². The Bertz CT molecular complexity index is 819. The Kier molecular flexibility index (Phi) is 9.22. The topological polar surface area (TPSA) is 52.7 Å². The molecule has 0 bridgehead atoms. The summed E-state index contributed by atoms with van der Waals surface area (Å²) >= 11 is 1.39. The van der Waals surface area contributed by atoms with E-state index in [2.05, 4.69) is 36.2 Å². The van der Waals surface area contributed by atoms with Crippen LogP contribution in [0.2, 0.25) is 0 Å². The Morgan fingerprint density at radius 1 is 0.931 bits per heavy atom. The number of carbonyl (C=O) groups excluding carboxylic acids is 2. The molecule has 2 aromatic rings. The average Bonchev–Trinajstić information content (AvgIpc) is 2.74. The predicted molar refractivity (Wildman–Crippen MR) is 120 cm³/mol. The van der Waals surface area contributed by atoms with Gasteiger partial charge in [-0.15, -0.1) is 11.8 Å². The molecule has 2 aromatic carbocycles. The molecule has 6 heteroatoms. The average molecular weight is 414 g/mol. The van der Waals surface area contributed by atoms with Gasteiger partial charge >= 0.3 is 0 Å². The van der Waals surface area contributed by atoms with Crippen molar-refractivity contribution in [3.8, 4) is 0 Å².